The van der Waals surface area contributed by atoms with Gasteiger partial charge in [0.1, 0.15) is 23.8 Å². The Morgan fingerprint density at radius 3 is 2.41 bits per heavy atom. The van der Waals surface area contributed by atoms with Crippen molar-refractivity contribution >= 4 is 12.0 Å². The lowest BCUT2D eigenvalue weighted by Gasteiger charge is -2.19. The Hall–Kier alpha value is -3.31. The normalized spacial score (nSPS) is 18.3. The van der Waals surface area contributed by atoms with E-state index in [1.54, 1.807) is 18.2 Å². The summed E-state index contributed by atoms with van der Waals surface area (Å²) >= 11 is 0. The average Bonchev–Trinajstić information content (AvgIpc) is 3.28. The van der Waals surface area contributed by atoms with E-state index in [2.05, 4.69) is 6.58 Å². The Kier molecular flexibility index (Phi) is 3.89. The number of esters is 1. The summed E-state index contributed by atoms with van der Waals surface area (Å²) < 4.78 is 38.8. The number of carbonyl (C=O) groups excluding carboxylic acids is 1. The van der Waals surface area contributed by atoms with E-state index in [-0.39, 0.29) is 12.2 Å². The molecule has 0 N–H and O–H groups in total. The lowest BCUT2D eigenvalue weighted by Crippen LogP contribution is -2.08. The van der Waals surface area contributed by atoms with E-state index < -0.39 is 17.6 Å². The number of carbonyl (C=O) groups is 1. The molecule has 0 aromatic heterocycles. The standard InChI is InChI=1S/C24H16F2O3/c1-3-12-8-19-20(11-17(12)15-7-5-14(25)10-21(15)26)23-18-9-13(24(27)28-2)4-6-16(18)22(19)29-23/h3-11,22-23H,1H2,2H3. The number of benzene rings is 3. The van der Waals surface area contributed by atoms with E-state index in [1.807, 2.05) is 18.2 Å². The van der Waals surface area contributed by atoms with Crippen molar-refractivity contribution in [1.82, 2.24) is 0 Å². The molecule has 2 bridgehead atoms. The summed E-state index contributed by atoms with van der Waals surface area (Å²) in [6, 6.07) is 12.8. The van der Waals surface area contributed by atoms with E-state index in [0.29, 0.717) is 16.7 Å². The van der Waals surface area contributed by atoms with Crippen LogP contribution in [0.2, 0.25) is 0 Å². The maximum atomic E-state index is 14.5. The fourth-order valence-corrected chi connectivity index (χ4v) is 4.26. The van der Waals surface area contributed by atoms with E-state index in [0.717, 1.165) is 33.9 Å². The molecule has 0 saturated carbocycles. The molecule has 2 unspecified atom stereocenters. The molecule has 3 nitrogen and oxygen atoms in total. The minimum Gasteiger partial charge on any atom is -0.465 e. The van der Waals surface area contributed by atoms with E-state index in [1.165, 1.54) is 19.2 Å². The molecule has 0 radical (unpaired) electrons. The highest BCUT2D eigenvalue weighted by Gasteiger charge is 2.43. The van der Waals surface area contributed by atoms with Crippen LogP contribution in [-0.4, -0.2) is 13.1 Å². The number of halogens is 2. The summed E-state index contributed by atoms with van der Waals surface area (Å²) in [5, 5.41) is 0. The Labute approximate surface area is 166 Å². The molecule has 2 aliphatic rings. The van der Waals surface area contributed by atoms with E-state index >= 15 is 0 Å². The quantitative estimate of drug-likeness (QED) is 0.548. The van der Waals surface area contributed by atoms with Crippen molar-refractivity contribution in [3.05, 3.63) is 100 Å². The predicted octanol–water partition coefficient (Wildman–Crippen LogP) is 5.58. The number of methoxy groups -OCH3 is 1. The fraction of sp³-hybridized carbons (Fsp3) is 0.125. The Bertz CT molecular complexity index is 1200. The van der Waals surface area contributed by atoms with Crippen LogP contribution < -0.4 is 0 Å². The maximum absolute atomic E-state index is 14.5. The zero-order valence-corrected chi connectivity index (χ0v) is 15.5. The Morgan fingerprint density at radius 1 is 0.966 bits per heavy atom. The molecule has 5 heteroatoms. The molecule has 0 amide bonds. The Balaban J connectivity index is 1.66. The largest absolute Gasteiger partial charge is 0.465 e. The second-order valence-electron chi connectivity index (χ2n) is 7.13. The molecule has 0 aliphatic carbocycles. The van der Waals surface area contributed by atoms with Crippen molar-refractivity contribution in [1.29, 1.82) is 0 Å². The van der Waals surface area contributed by atoms with Gasteiger partial charge in [-0.05, 0) is 69.8 Å². The highest BCUT2D eigenvalue weighted by Crippen LogP contribution is 2.55. The first-order valence-electron chi connectivity index (χ1n) is 9.15. The van der Waals surface area contributed by atoms with Gasteiger partial charge in [0, 0.05) is 11.6 Å². The van der Waals surface area contributed by atoms with Crippen LogP contribution in [0.15, 0.2) is 55.1 Å². The SMILES string of the molecule is C=Cc1cc2c(cc1-c1ccc(F)cc1F)C1OC2c2ccc(C(=O)OC)cc21. The molecular weight excluding hydrogens is 374 g/mol. The Morgan fingerprint density at radius 2 is 1.69 bits per heavy atom. The van der Waals surface area contributed by atoms with Gasteiger partial charge >= 0.3 is 5.97 Å². The fourth-order valence-electron chi connectivity index (χ4n) is 4.26. The van der Waals surface area contributed by atoms with Gasteiger partial charge in [0.2, 0.25) is 0 Å². The first-order valence-corrected chi connectivity index (χ1v) is 9.15. The lowest BCUT2D eigenvalue weighted by atomic mass is 9.82. The summed E-state index contributed by atoms with van der Waals surface area (Å²) in [4.78, 5) is 11.9. The molecular formula is C24H16F2O3. The summed E-state index contributed by atoms with van der Waals surface area (Å²) in [7, 11) is 1.34. The lowest BCUT2D eigenvalue weighted by molar-refractivity contribution is 0.0600. The monoisotopic (exact) mass is 390 g/mol. The molecule has 5 rings (SSSR count). The highest BCUT2D eigenvalue weighted by molar-refractivity contribution is 5.90. The molecule has 0 spiro atoms. The molecule has 144 valence electrons. The van der Waals surface area contributed by atoms with Crippen molar-refractivity contribution < 1.29 is 23.0 Å². The molecule has 2 heterocycles. The first kappa shape index (κ1) is 17.8. The van der Waals surface area contributed by atoms with E-state index in [4.69, 9.17) is 9.47 Å². The van der Waals surface area contributed by atoms with Gasteiger partial charge in [-0.1, -0.05) is 18.7 Å². The summed E-state index contributed by atoms with van der Waals surface area (Å²) in [5.41, 5.74) is 5.94. The van der Waals surface area contributed by atoms with Gasteiger partial charge in [-0.25, -0.2) is 13.6 Å². The van der Waals surface area contributed by atoms with Crippen molar-refractivity contribution in [3.8, 4) is 11.1 Å². The van der Waals surface area contributed by atoms with Gasteiger partial charge in [-0.2, -0.15) is 0 Å². The molecule has 0 fully saturated rings. The van der Waals surface area contributed by atoms with Gasteiger partial charge in [-0.15, -0.1) is 0 Å². The summed E-state index contributed by atoms with van der Waals surface area (Å²) in [6.45, 7) is 3.85. The second-order valence-corrected chi connectivity index (χ2v) is 7.13. The van der Waals surface area contributed by atoms with Crippen molar-refractivity contribution in [2.24, 2.45) is 0 Å². The van der Waals surface area contributed by atoms with Crippen LogP contribution in [0.4, 0.5) is 8.78 Å². The second kappa shape index (κ2) is 6.36. The molecule has 0 saturated heterocycles. The van der Waals surface area contributed by atoms with Crippen LogP contribution in [-0.2, 0) is 9.47 Å². The zero-order valence-electron chi connectivity index (χ0n) is 15.5. The minimum absolute atomic E-state index is 0.248. The maximum Gasteiger partial charge on any atom is 0.337 e. The van der Waals surface area contributed by atoms with Gasteiger partial charge < -0.3 is 9.47 Å². The van der Waals surface area contributed by atoms with Gasteiger partial charge in [0.05, 0.1) is 12.7 Å². The van der Waals surface area contributed by atoms with Crippen molar-refractivity contribution in [3.63, 3.8) is 0 Å². The topological polar surface area (TPSA) is 35.5 Å². The first-order chi connectivity index (χ1) is 14.0. The third-order valence-electron chi connectivity index (χ3n) is 5.61. The third kappa shape index (κ3) is 2.54. The van der Waals surface area contributed by atoms with Gasteiger partial charge in [-0.3, -0.25) is 0 Å². The van der Waals surface area contributed by atoms with Gasteiger partial charge in [0.15, 0.2) is 0 Å². The molecule has 29 heavy (non-hydrogen) atoms. The molecule has 2 aliphatic heterocycles. The molecule has 2 atom stereocenters. The number of fused-ring (bicyclic) bond motifs is 8. The molecule has 3 aromatic rings. The van der Waals surface area contributed by atoms with Crippen LogP contribution in [0.3, 0.4) is 0 Å². The van der Waals surface area contributed by atoms with Crippen LogP contribution >= 0.6 is 0 Å². The van der Waals surface area contributed by atoms with Crippen LogP contribution in [0.5, 0.6) is 0 Å². The number of rotatable bonds is 3. The molecule has 3 aromatic carbocycles. The van der Waals surface area contributed by atoms with Crippen LogP contribution in [0.1, 0.15) is 50.4 Å². The number of ether oxygens (including phenoxy) is 2. The van der Waals surface area contributed by atoms with Crippen LogP contribution in [0, 0.1) is 11.6 Å². The smallest absolute Gasteiger partial charge is 0.337 e. The highest BCUT2D eigenvalue weighted by atomic mass is 19.1. The summed E-state index contributed by atoms with van der Waals surface area (Å²) in [5.74, 6) is -1.67. The third-order valence-corrected chi connectivity index (χ3v) is 5.61. The number of hydrogen-bond donors (Lipinski definition) is 0. The predicted molar refractivity (Wildman–Crippen MR) is 104 cm³/mol. The van der Waals surface area contributed by atoms with Gasteiger partial charge in [0.25, 0.3) is 0 Å². The van der Waals surface area contributed by atoms with Crippen molar-refractivity contribution in [2.45, 2.75) is 12.2 Å². The summed E-state index contributed by atoms with van der Waals surface area (Å²) in [6.07, 6.45) is 1.06. The average molecular weight is 390 g/mol. The van der Waals surface area contributed by atoms with E-state index in [9.17, 15) is 13.6 Å². The zero-order chi connectivity index (χ0) is 20.3. The van der Waals surface area contributed by atoms with Crippen molar-refractivity contribution in [2.75, 3.05) is 7.11 Å². The minimum atomic E-state index is -0.634. The number of hydrogen-bond acceptors (Lipinski definition) is 3. The van der Waals surface area contributed by atoms with Crippen LogP contribution in [0.25, 0.3) is 17.2 Å².